The Bertz CT molecular complexity index is 701. The topological polar surface area (TPSA) is 67.7 Å². The number of benzene rings is 1. The predicted molar refractivity (Wildman–Crippen MR) is 102 cm³/mol. The van der Waals surface area contributed by atoms with E-state index in [0.717, 1.165) is 55.5 Å². The van der Waals surface area contributed by atoms with Crippen LogP contribution in [0.3, 0.4) is 0 Å². The van der Waals surface area contributed by atoms with Gasteiger partial charge in [0.2, 0.25) is 0 Å². The van der Waals surface area contributed by atoms with Crippen LogP contribution in [0.4, 0.5) is 0 Å². The number of aryl methyl sites for hydroxylation is 2. The molecule has 2 unspecified atom stereocenters. The molecule has 1 aliphatic heterocycles. The summed E-state index contributed by atoms with van der Waals surface area (Å²) >= 11 is 0. The second-order valence-corrected chi connectivity index (χ2v) is 6.71. The average molecular weight is 359 g/mol. The van der Waals surface area contributed by atoms with Crippen molar-refractivity contribution in [3.05, 3.63) is 47.4 Å². The molecule has 3 N–H and O–H groups in total. The van der Waals surface area contributed by atoms with Crippen LogP contribution in [0.5, 0.6) is 11.5 Å². The second kappa shape index (κ2) is 9.07. The smallest absolute Gasteiger partial charge is 0.160 e. The molecule has 26 heavy (non-hydrogen) atoms. The SMILES string of the molecule is COc1ccc(CCCNCC2CNNC2c2ccc(C)o2)cc1OC. The van der Waals surface area contributed by atoms with E-state index in [2.05, 4.69) is 34.4 Å². The molecule has 0 bridgehead atoms. The number of rotatable bonds is 9. The second-order valence-electron chi connectivity index (χ2n) is 6.71. The van der Waals surface area contributed by atoms with Gasteiger partial charge in [0.25, 0.3) is 0 Å². The molecule has 1 saturated heterocycles. The molecular formula is C20H29N3O3. The molecule has 1 aromatic heterocycles. The summed E-state index contributed by atoms with van der Waals surface area (Å²) in [5, 5.41) is 3.58. The number of methoxy groups -OCH3 is 2. The summed E-state index contributed by atoms with van der Waals surface area (Å²) in [6.07, 6.45) is 2.09. The molecule has 0 aliphatic carbocycles. The lowest BCUT2D eigenvalue weighted by Gasteiger charge is -2.17. The standard InChI is InChI=1S/C20H29N3O3/c1-14-6-8-18(26-14)20-16(13-22-23-20)12-21-10-4-5-15-7-9-17(24-2)19(11-15)25-3/h6-9,11,16,20-23H,4-5,10,12-13H2,1-3H3. The van der Waals surface area contributed by atoms with E-state index in [4.69, 9.17) is 13.9 Å². The first-order valence-corrected chi connectivity index (χ1v) is 9.17. The normalized spacial score (nSPS) is 19.7. The van der Waals surface area contributed by atoms with Gasteiger partial charge in [0.05, 0.1) is 20.3 Å². The third kappa shape index (κ3) is 4.58. The summed E-state index contributed by atoms with van der Waals surface area (Å²) in [4.78, 5) is 0. The summed E-state index contributed by atoms with van der Waals surface area (Å²) in [7, 11) is 3.33. The van der Waals surface area contributed by atoms with Crippen LogP contribution in [0.25, 0.3) is 0 Å². The molecule has 0 spiro atoms. The first-order valence-electron chi connectivity index (χ1n) is 9.17. The Morgan fingerprint density at radius 1 is 1.15 bits per heavy atom. The molecule has 2 heterocycles. The molecule has 6 heteroatoms. The molecule has 3 rings (SSSR count). The summed E-state index contributed by atoms with van der Waals surface area (Å²) < 4.78 is 16.4. The van der Waals surface area contributed by atoms with E-state index in [1.807, 2.05) is 19.1 Å². The van der Waals surface area contributed by atoms with Crippen LogP contribution >= 0.6 is 0 Å². The van der Waals surface area contributed by atoms with E-state index in [0.29, 0.717) is 5.92 Å². The van der Waals surface area contributed by atoms with Crippen molar-refractivity contribution >= 4 is 0 Å². The van der Waals surface area contributed by atoms with E-state index in [1.165, 1.54) is 5.56 Å². The van der Waals surface area contributed by atoms with Crippen molar-refractivity contribution in [2.75, 3.05) is 33.9 Å². The van der Waals surface area contributed by atoms with Crippen molar-refractivity contribution < 1.29 is 13.9 Å². The molecule has 0 radical (unpaired) electrons. The molecule has 1 aromatic carbocycles. The maximum Gasteiger partial charge on any atom is 0.160 e. The highest BCUT2D eigenvalue weighted by atomic mass is 16.5. The minimum atomic E-state index is 0.224. The van der Waals surface area contributed by atoms with Crippen molar-refractivity contribution in [2.24, 2.45) is 5.92 Å². The molecule has 2 atom stereocenters. The van der Waals surface area contributed by atoms with Gasteiger partial charge in [0, 0.05) is 19.0 Å². The number of hydrogen-bond donors (Lipinski definition) is 3. The monoisotopic (exact) mass is 359 g/mol. The summed E-state index contributed by atoms with van der Waals surface area (Å²) in [6, 6.07) is 10.4. The van der Waals surface area contributed by atoms with Gasteiger partial charge in [-0.25, -0.2) is 5.43 Å². The van der Waals surface area contributed by atoms with Gasteiger partial charge in [-0.1, -0.05) is 6.07 Å². The van der Waals surface area contributed by atoms with Crippen LogP contribution in [-0.2, 0) is 6.42 Å². The Morgan fingerprint density at radius 2 is 2.00 bits per heavy atom. The van der Waals surface area contributed by atoms with Gasteiger partial charge in [0.1, 0.15) is 11.5 Å². The van der Waals surface area contributed by atoms with Crippen LogP contribution < -0.4 is 25.6 Å². The Labute approximate surface area is 155 Å². The quantitative estimate of drug-likeness (QED) is 0.598. The van der Waals surface area contributed by atoms with Gasteiger partial charge >= 0.3 is 0 Å². The number of nitrogens with one attached hydrogen (secondary N) is 3. The van der Waals surface area contributed by atoms with Crippen LogP contribution in [0.2, 0.25) is 0 Å². The van der Waals surface area contributed by atoms with Crippen molar-refractivity contribution in [3.63, 3.8) is 0 Å². The zero-order valence-electron chi connectivity index (χ0n) is 15.8. The molecule has 0 saturated carbocycles. The van der Waals surface area contributed by atoms with Crippen LogP contribution in [0, 0.1) is 12.8 Å². The summed E-state index contributed by atoms with van der Waals surface area (Å²) in [5.74, 6) is 3.99. The van der Waals surface area contributed by atoms with Crippen LogP contribution in [0.15, 0.2) is 34.7 Å². The number of furan rings is 1. The van der Waals surface area contributed by atoms with Crippen LogP contribution in [0.1, 0.15) is 29.5 Å². The van der Waals surface area contributed by atoms with E-state index < -0.39 is 0 Å². The fourth-order valence-electron chi connectivity index (χ4n) is 3.39. The lowest BCUT2D eigenvalue weighted by Crippen LogP contribution is -2.29. The minimum absolute atomic E-state index is 0.224. The molecule has 1 aliphatic rings. The fraction of sp³-hybridized carbons (Fsp3) is 0.500. The third-order valence-corrected chi connectivity index (χ3v) is 4.83. The third-order valence-electron chi connectivity index (χ3n) is 4.83. The predicted octanol–water partition coefficient (Wildman–Crippen LogP) is 2.59. The number of hydrazine groups is 1. The molecular weight excluding hydrogens is 330 g/mol. The first kappa shape index (κ1) is 18.8. The average Bonchev–Trinajstić information content (AvgIpc) is 3.29. The minimum Gasteiger partial charge on any atom is -0.493 e. The maximum absolute atomic E-state index is 5.77. The van der Waals surface area contributed by atoms with Crippen molar-refractivity contribution in [1.82, 2.24) is 16.2 Å². The Balaban J connectivity index is 1.41. The number of ether oxygens (including phenoxy) is 2. The van der Waals surface area contributed by atoms with E-state index >= 15 is 0 Å². The lowest BCUT2D eigenvalue weighted by molar-refractivity contribution is 0.354. The zero-order valence-corrected chi connectivity index (χ0v) is 15.8. The molecule has 0 amide bonds. The highest BCUT2D eigenvalue weighted by molar-refractivity contribution is 5.42. The molecule has 1 fully saturated rings. The zero-order chi connectivity index (χ0) is 18.4. The van der Waals surface area contributed by atoms with Crippen molar-refractivity contribution in [3.8, 4) is 11.5 Å². The Hall–Kier alpha value is -2.02. The molecule has 2 aromatic rings. The summed E-state index contributed by atoms with van der Waals surface area (Å²) in [6.45, 7) is 4.85. The van der Waals surface area contributed by atoms with E-state index in [1.54, 1.807) is 14.2 Å². The van der Waals surface area contributed by atoms with E-state index in [9.17, 15) is 0 Å². The number of hydrogen-bond acceptors (Lipinski definition) is 6. The summed E-state index contributed by atoms with van der Waals surface area (Å²) in [5.41, 5.74) is 7.82. The van der Waals surface area contributed by atoms with Crippen LogP contribution in [-0.4, -0.2) is 33.9 Å². The fourth-order valence-corrected chi connectivity index (χ4v) is 3.39. The first-order chi connectivity index (χ1) is 12.7. The largest absolute Gasteiger partial charge is 0.493 e. The van der Waals surface area contributed by atoms with Crippen molar-refractivity contribution in [1.29, 1.82) is 0 Å². The van der Waals surface area contributed by atoms with Gasteiger partial charge in [-0.2, -0.15) is 0 Å². The van der Waals surface area contributed by atoms with Gasteiger partial charge < -0.3 is 19.2 Å². The molecule has 142 valence electrons. The maximum atomic E-state index is 5.77. The lowest BCUT2D eigenvalue weighted by atomic mass is 10.00. The Morgan fingerprint density at radius 3 is 2.73 bits per heavy atom. The van der Waals surface area contributed by atoms with Gasteiger partial charge in [-0.15, -0.1) is 0 Å². The Kier molecular flexibility index (Phi) is 6.55. The highest BCUT2D eigenvalue weighted by Crippen LogP contribution is 2.28. The highest BCUT2D eigenvalue weighted by Gasteiger charge is 2.29. The van der Waals surface area contributed by atoms with Gasteiger partial charge in [0.15, 0.2) is 11.5 Å². The van der Waals surface area contributed by atoms with Gasteiger partial charge in [-0.3, -0.25) is 5.43 Å². The van der Waals surface area contributed by atoms with Gasteiger partial charge in [-0.05, 0) is 56.1 Å². The van der Waals surface area contributed by atoms with Crippen molar-refractivity contribution in [2.45, 2.75) is 25.8 Å². The molecule has 6 nitrogen and oxygen atoms in total. The van der Waals surface area contributed by atoms with E-state index in [-0.39, 0.29) is 6.04 Å².